The third-order valence-corrected chi connectivity index (χ3v) is 4.45. The number of carbonyl (C=O) groups excluding carboxylic acids is 1. The standard InChI is InChI=1S/C11H18ClNOS/c1-15-5-4-11(14)13-9-2-3-10(13)7-8(12)6-9/h8-10H,2-7H2,1H3. The van der Waals surface area contributed by atoms with Crippen LogP contribution in [0, 0.1) is 0 Å². The molecule has 15 heavy (non-hydrogen) atoms. The van der Waals surface area contributed by atoms with Gasteiger partial charge in [-0.1, -0.05) is 0 Å². The molecular formula is C11H18ClNOS. The zero-order valence-electron chi connectivity index (χ0n) is 9.12. The van der Waals surface area contributed by atoms with Crippen LogP contribution in [-0.4, -0.2) is 40.3 Å². The molecular weight excluding hydrogens is 230 g/mol. The SMILES string of the molecule is CSCCC(=O)N1C2CCC1CC(Cl)C2. The normalized spacial score (nSPS) is 34.5. The van der Waals surface area contributed by atoms with Gasteiger partial charge in [-0.25, -0.2) is 0 Å². The van der Waals surface area contributed by atoms with E-state index in [1.165, 1.54) is 12.8 Å². The van der Waals surface area contributed by atoms with Crippen molar-refractivity contribution in [3.63, 3.8) is 0 Å². The van der Waals surface area contributed by atoms with Gasteiger partial charge >= 0.3 is 0 Å². The number of alkyl halides is 1. The summed E-state index contributed by atoms with van der Waals surface area (Å²) in [6.07, 6.45) is 7.08. The summed E-state index contributed by atoms with van der Waals surface area (Å²) >= 11 is 7.92. The largest absolute Gasteiger partial charge is 0.337 e. The van der Waals surface area contributed by atoms with Crippen LogP contribution in [0.15, 0.2) is 0 Å². The van der Waals surface area contributed by atoms with Gasteiger partial charge in [-0.05, 0) is 31.9 Å². The monoisotopic (exact) mass is 247 g/mol. The van der Waals surface area contributed by atoms with Crippen molar-refractivity contribution in [2.24, 2.45) is 0 Å². The topological polar surface area (TPSA) is 20.3 Å². The molecule has 1 amide bonds. The van der Waals surface area contributed by atoms with Crippen molar-refractivity contribution in [3.05, 3.63) is 0 Å². The van der Waals surface area contributed by atoms with Crippen LogP contribution in [0.1, 0.15) is 32.1 Å². The number of hydrogen-bond acceptors (Lipinski definition) is 2. The number of rotatable bonds is 3. The molecule has 2 atom stereocenters. The number of amides is 1. The maximum Gasteiger partial charge on any atom is 0.223 e. The van der Waals surface area contributed by atoms with E-state index in [2.05, 4.69) is 4.90 Å². The molecule has 0 aromatic heterocycles. The van der Waals surface area contributed by atoms with E-state index in [-0.39, 0.29) is 0 Å². The van der Waals surface area contributed by atoms with Gasteiger partial charge in [-0.15, -0.1) is 11.6 Å². The van der Waals surface area contributed by atoms with Crippen molar-refractivity contribution >= 4 is 29.3 Å². The van der Waals surface area contributed by atoms with Gasteiger partial charge in [0.2, 0.25) is 5.91 Å². The van der Waals surface area contributed by atoms with E-state index in [0.29, 0.717) is 29.8 Å². The van der Waals surface area contributed by atoms with Crippen molar-refractivity contribution in [2.45, 2.75) is 49.6 Å². The van der Waals surface area contributed by atoms with Crippen LogP contribution in [0.5, 0.6) is 0 Å². The molecule has 2 aliphatic heterocycles. The number of hydrogen-bond donors (Lipinski definition) is 0. The van der Waals surface area contributed by atoms with Crippen LogP contribution in [0.4, 0.5) is 0 Å². The zero-order chi connectivity index (χ0) is 10.8. The molecule has 0 aromatic rings. The fourth-order valence-corrected chi connectivity index (χ4v) is 3.63. The summed E-state index contributed by atoms with van der Waals surface area (Å²) in [6, 6.07) is 0.890. The fraction of sp³-hybridized carbons (Fsp3) is 0.909. The van der Waals surface area contributed by atoms with E-state index >= 15 is 0 Å². The highest BCUT2D eigenvalue weighted by Crippen LogP contribution is 2.38. The second-order valence-corrected chi connectivity index (χ2v) is 6.10. The molecule has 2 fully saturated rings. The van der Waals surface area contributed by atoms with Gasteiger partial charge in [0, 0.05) is 29.6 Å². The highest BCUT2D eigenvalue weighted by molar-refractivity contribution is 7.98. The Morgan fingerprint density at radius 2 is 2.00 bits per heavy atom. The second kappa shape index (κ2) is 4.96. The van der Waals surface area contributed by atoms with Gasteiger partial charge in [0.15, 0.2) is 0 Å². The summed E-state index contributed by atoms with van der Waals surface area (Å²) in [5.41, 5.74) is 0. The predicted molar refractivity (Wildman–Crippen MR) is 65.5 cm³/mol. The molecule has 0 spiro atoms. The van der Waals surface area contributed by atoms with E-state index in [9.17, 15) is 4.79 Å². The van der Waals surface area contributed by atoms with Crippen molar-refractivity contribution in [1.29, 1.82) is 0 Å². The van der Waals surface area contributed by atoms with Crippen LogP contribution in [0.3, 0.4) is 0 Å². The summed E-state index contributed by atoms with van der Waals surface area (Å²) in [5.74, 6) is 1.29. The number of fused-ring (bicyclic) bond motifs is 2. The molecule has 0 aromatic carbocycles. The maximum atomic E-state index is 12.0. The van der Waals surface area contributed by atoms with Gasteiger partial charge in [-0.3, -0.25) is 4.79 Å². The van der Waals surface area contributed by atoms with Crippen molar-refractivity contribution in [3.8, 4) is 0 Å². The van der Waals surface area contributed by atoms with E-state index in [4.69, 9.17) is 11.6 Å². The average molecular weight is 248 g/mol. The summed E-state index contributed by atoms with van der Waals surface area (Å²) < 4.78 is 0. The number of nitrogens with zero attached hydrogens (tertiary/aromatic N) is 1. The molecule has 0 radical (unpaired) electrons. The summed E-state index contributed by atoms with van der Waals surface area (Å²) in [4.78, 5) is 14.1. The second-order valence-electron chi connectivity index (χ2n) is 4.50. The van der Waals surface area contributed by atoms with Crippen molar-refractivity contribution < 1.29 is 4.79 Å². The number of thioether (sulfide) groups is 1. The van der Waals surface area contributed by atoms with Crippen molar-refractivity contribution in [2.75, 3.05) is 12.0 Å². The van der Waals surface area contributed by atoms with Crippen LogP contribution in [-0.2, 0) is 4.79 Å². The van der Waals surface area contributed by atoms with Gasteiger partial charge in [0.25, 0.3) is 0 Å². The highest BCUT2D eigenvalue weighted by atomic mass is 35.5. The van der Waals surface area contributed by atoms with Crippen molar-refractivity contribution in [1.82, 2.24) is 4.90 Å². The molecule has 2 heterocycles. The van der Waals surface area contributed by atoms with Crippen LogP contribution in [0.2, 0.25) is 0 Å². The third kappa shape index (κ3) is 2.44. The minimum Gasteiger partial charge on any atom is -0.337 e. The first-order valence-electron chi connectivity index (χ1n) is 5.66. The molecule has 2 rings (SSSR count). The van der Waals surface area contributed by atoms with Gasteiger partial charge in [-0.2, -0.15) is 11.8 Å². The lowest BCUT2D eigenvalue weighted by Crippen LogP contribution is -2.47. The Kier molecular flexibility index (Phi) is 3.83. The fourth-order valence-electron chi connectivity index (χ4n) is 2.84. The van der Waals surface area contributed by atoms with E-state index in [0.717, 1.165) is 18.6 Å². The predicted octanol–water partition coefficient (Wildman–Crippen LogP) is 2.50. The zero-order valence-corrected chi connectivity index (χ0v) is 10.7. The summed E-state index contributed by atoms with van der Waals surface area (Å²) in [6.45, 7) is 0. The maximum absolute atomic E-state index is 12.0. The first kappa shape index (κ1) is 11.6. The Morgan fingerprint density at radius 1 is 1.40 bits per heavy atom. The van der Waals surface area contributed by atoms with E-state index in [1.807, 2.05) is 6.26 Å². The molecule has 0 aliphatic carbocycles. The molecule has 2 unspecified atom stereocenters. The Morgan fingerprint density at radius 3 is 2.53 bits per heavy atom. The highest BCUT2D eigenvalue weighted by Gasteiger charge is 2.42. The number of halogens is 1. The molecule has 2 saturated heterocycles. The van der Waals surface area contributed by atoms with E-state index < -0.39 is 0 Å². The molecule has 0 N–H and O–H groups in total. The quantitative estimate of drug-likeness (QED) is 0.715. The smallest absolute Gasteiger partial charge is 0.223 e. The minimum absolute atomic E-state index is 0.298. The van der Waals surface area contributed by atoms with Crippen LogP contribution >= 0.6 is 23.4 Å². The minimum atomic E-state index is 0.298. The summed E-state index contributed by atoms with van der Waals surface area (Å²) in [7, 11) is 0. The molecule has 4 heteroatoms. The Bertz CT molecular complexity index is 235. The van der Waals surface area contributed by atoms with Gasteiger partial charge < -0.3 is 4.90 Å². The Hall–Kier alpha value is 0.110. The molecule has 0 saturated carbocycles. The number of piperidine rings is 1. The third-order valence-electron chi connectivity index (χ3n) is 3.48. The first-order valence-corrected chi connectivity index (χ1v) is 7.49. The lowest BCUT2D eigenvalue weighted by Gasteiger charge is -2.37. The molecule has 2 aliphatic rings. The first-order chi connectivity index (χ1) is 7.22. The Balaban J connectivity index is 1.95. The lowest BCUT2D eigenvalue weighted by atomic mass is 10.0. The lowest BCUT2D eigenvalue weighted by molar-refractivity contribution is -0.134. The van der Waals surface area contributed by atoms with Crippen LogP contribution < -0.4 is 0 Å². The Labute approximate surface area is 101 Å². The van der Waals surface area contributed by atoms with E-state index in [1.54, 1.807) is 11.8 Å². The molecule has 2 nitrogen and oxygen atoms in total. The summed E-state index contributed by atoms with van der Waals surface area (Å²) in [5, 5.41) is 0.298. The van der Waals surface area contributed by atoms with Gasteiger partial charge in [0.05, 0.1) is 0 Å². The average Bonchev–Trinajstić information content (AvgIpc) is 2.48. The van der Waals surface area contributed by atoms with Gasteiger partial charge in [0.1, 0.15) is 0 Å². The molecule has 2 bridgehead atoms. The number of carbonyl (C=O) groups is 1. The van der Waals surface area contributed by atoms with Crippen LogP contribution in [0.25, 0.3) is 0 Å². The molecule has 86 valence electrons.